The van der Waals surface area contributed by atoms with Crippen LogP contribution in [0.4, 0.5) is 0 Å². The highest BCUT2D eigenvalue weighted by molar-refractivity contribution is 7.84. The Morgan fingerprint density at radius 1 is 1.31 bits per heavy atom. The lowest BCUT2D eigenvalue weighted by atomic mass is 9.77. The summed E-state index contributed by atoms with van der Waals surface area (Å²) in [6, 6.07) is 9.43. The van der Waals surface area contributed by atoms with Crippen LogP contribution in [0.1, 0.15) is 23.7 Å². The maximum atomic E-state index is 12.3. The summed E-state index contributed by atoms with van der Waals surface area (Å²) < 4.78 is 0. The van der Waals surface area contributed by atoms with E-state index in [1.807, 2.05) is 55.5 Å². The SMILES string of the molecule is CC1(C(=O)c2ccccc2)C=CC(S)=CC1. The molecule has 0 spiro atoms. The fourth-order valence-electron chi connectivity index (χ4n) is 1.81. The minimum Gasteiger partial charge on any atom is -0.293 e. The van der Waals surface area contributed by atoms with E-state index in [2.05, 4.69) is 12.6 Å². The predicted molar refractivity (Wildman–Crippen MR) is 69.7 cm³/mol. The van der Waals surface area contributed by atoms with E-state index in [9.17, 15) is 4.79 Å². The highest BCUT2D eigenvalue weighted by Gasteiger charge is 2.31. The average Bonchev–Trinajstić information content (AvgIpc) is 2.33. The van der Waals surface area contributed by atoms with Crippen LogP contribution in [0.2, 0.25) is 0 Å². The average molecular weight is 230 g/mol. The van der Waals surface area contributed by atoms with Crippen LogP contribution in [0.25, 0.3) is 0 Å². The van der Waals surface area contributed by atoms with Crippen LogP contribution in [-0.4, -0.2) is 5.78 Å². The van der Waals surface area contributed by atoms with Gasteiger partial charge in [0.05, 0.1) is 5.41 Å². The Hall–Kier alpha value is -1.28. The molecule has 1 nitrogen and oxygen atoms in total. The van der Waals surface area contributed by atoms with Crippen molar-refractivity contribution in [2.45, 2.75) is 13.3 Å². The predicted octanol–water partition coefficient (Wildman–Crippen LogP) is 3.65. The molecule has 16 heavy (non-hydrogen) atoms. The zero-order chi connectivity index (χ0) is 11.6. The third-order valence-corrected chi connectivity index (χ3v) is 3.24. The Labute approximate surface area is 101 Å². The first-order chi connectivity index (χ1) is 7.62. The van der Waals surface area contributed by atoms with Crippen LogP contribution in [0.3, 0.4) is 0 Å². The Bertz CT molecular complexity index is 459. The lowest BCUT2D eigenvalue weighted by Gasteiger charge is -2.25. The molecule has 1 unspecified atom stereocenters. The molecule has 2 heteroatoms. The molecule has 0 bridgehead atoms. The van der Waals surface area contributed by atoms with Gasteiger partial charge < -0.3 is 0 Å². The number of hydrogen-bond donors (Lipinski definition) is 1. The van der Waals surface area contributed by atoms with E-state index >= 15 is 0 Å². The normalized spacial score (nSPS) is 24.0. The number of thiol groups is 1. The molecule has 0 heterocycles. The molecule has 82 valence electrons. The topological polar surface area (TPSA) is 17.1 Å². The van der Waals surface area contributed by atoms with Gasteiger partial charge in [0.25, 0.3) is 0 Å². The molecule has 0 saturated heterocycles. The lowest BCUT2D eigenvalue weighted by Crippen LogP contribution is -2.26. The molecule has 0 radical (unpaired) electrons. The summed E-state index contributed by atoms with van der Waals surface area (Å²) in [7, 11) is 0. The smallest absolute Gasteiger partial charge is 0.172 e. The van der Waals surface area contributed by atoms with E-state index in [1.54, 1.807) is 0 Å². The van der Waals surface area contributed by atoms with Gasteiger partial charge in [0.1, 0.15) is 0 Å². The molecule has 1 aliphatic carbocycles. The third kappa shape index (κ3) is 2.12. The maximum Gasteiger partial charge on any atom is 0.172 e. The summed E-state index contributed by atoms with van der Waals surface area (Å²) in [5, 5.41) is 0. The molecule has 1 aromatic carbocycles. The third-order valence-electron chi connectivity index (χ3n) is 2.91. The van der Waals surface area contributed by atoms with Crippen LogP contribution in [0, 0.1) is 5.41 Å². The summed E-state index contributed by atoms with van der Waals surface area (Å²) >= 11 is 4.26. The highest BCUT2D eigenvalue weighted by Crippen LogP contribution is 2.33. The zero-order valence-corrected chi connectivity index (χ0v) is 10.1. The summed E-state index contributed by atoms with van der Waals surface area (Å²) in [5.74, 6) is 0.168. The molecule has 0 aromatic heterocycles. The van der Waals surface area contributed by atoms with Crippen molar-refractivity contribution in [3.05, 3.63) is 59.0 Å². The van der Waals surface area contributed by atoms with Gasteiger partial charge in [-0.05, 0) is 18.2 Å². The van der Waals surface area contributed by atoms with Crippen molar-refractivity contribution in [3.8, 4) is 0 Å². The van der Waals surface area contributed by atoms with E-state index in [1.165, 1.54) is 0 Å². The number of rotatable bonds is 2. The van der Waals surface area contributed by atoms with Gasteiger partial charge in [-0.15, -0.1) is 12.6 Å². The molecule has 1 aromatic rings. The Morgan fingerprint density at radius 2 is 2.00 bits per heavy atom. The summed E-state index contributed by atoms with van der Waals surface area (Å²) in [4.78, 5) is 13.3. The monoisotopic (exact) mass is 230 g/mol. The van der Waals surface area contributed by atoms with Crippen molar-refractivity contribution in [1.29, 1.82) is 0 Å². The number of Topliss-reactive ketones (excluding diaryl/α,β-unsaturated/α-hetero) is 1. The highest BCUT2D eigenvalue weighted by atomic mass is 32.1. The number of benzene rings is 1. The molecule has 1 aliphatic rings. The van der Waals surface area contributed by atoms with Crippen LogP contribution in [0.5, 0.6) is 0 Å². The number of carbonyl (C=O) groups is 1. The van der Waals surface area contributed by atoms with Crippen molar-refractivity contribution in [1.82, 2.24) is 0 Å². The van der Waals surface area contributed by atoms with Gasteiger partial charge in [0, 0.05) is 5.56 Å². The molecule has 2 rings (SSSR count). The molecule has 0 aliphatic heterocycles. The quantitative estimate of drug-likeness (QED) is 0.606. The molecule has 0 saturated carbocycles. The number of hydrogen-bond acceptors (Lipinski definition) is 2. The standard InChI is InChI=1S/C14H14OS/c1-14(9-7-12(16)8-10-14)13(15)11-5-3-2-4-6-11/h2-9,16H,10H2,1H3. The molecular formula is C14H14OS. The molecular weight excluding hydrogens is 216 g/mol. The fraction of sp³-hybridized carbons (Fsp3) is 0.214. The van der Waals surface area contributed by atoms with E-state index in [0.29, 0.717) is 0 Å². The van der Waals surface area contributed by atoms with E-state index in [4.69, 9.17) is 0 Å². The van der Waals surface area contributed by atoms with Crippen LogP contribution < -0.4 is 0 Å². The summed E-state index contributed by atoms with van der Waals surface area (Å²) in [5.41, 5.74) is 0.346. The van der Waals surface area contributed by atoms with Gasteiger partial charge in [-0.2, -0.15) is 0 Å². The Balaban J connectivity index is 2.27. The van der Waals surface area contributed by atoms with Gasteiger partial charge in [0.15, 0.2) is 5.78 Å². The summed E-state index contributed by atoms with van der Waals surface area (Å²) in [6.07, 6.45) is 6.55. The molecule has 0 fully saturated rings. The van der Waals surface area contributed by atoms with E-state index in [0.717, 1.165) is 16.9 Å². The first-order valence-corrected chi connectivity index (χ1v) is 5.75. The number of allylic oxidation sites excluding steroid dienone is 3. The first-order valence-electron chi connectivity index (χ1n) is 5.30. The lowest BCUT2D eigenvalue weighted by molar-refractivity contribution is 0.0870. The second-order valence-electron chi connectivity index (χ2n) is 4.28. The molecule has 0 amide bonds. The second-order valence-corrected chi connectivity index (χ2v) is 4.80. The van der Waals surface area contributed by atoms with E-state index in [-0.39, 0.29) is 5.78 Å². The Morgan fingerprint density at radius 3 is 2.56 bits per heavy atom. The Kier molecular flexibility index (Phi) is 3.01. The van der Waals surface area contributed by atoms with E-state index < -0.39 is 5.41 Å². The number of ketones is 1. The van der Waals surface area contributed by atoms with Gasteiger partial charge in [0.2, 0.25) is 0 Å². The van der Waals surface area contributed by atoms with Crippen LogP contribution in [0.15, 0.2) is 53.5 Å². The fourth-order valence-corrected chi connectivity index (χ4v) is 1.98. The second kappa shape index (κ2) is 4.30. The van der Waals surface area contributed by atoms with Crippen LogP contribution >= 0.6 is 12.6 Å². The van der Waals surface area contributed by atoms with Gasteiger partial charge in [-0.25, -0.2) is 0 Å². The van der Waals surface area contributed by atoms with Crippen molar-refractivity contribution in [2.24, 2.45) is 5.41 Å². The molecule has 0 N–H and O–H groups in total. The minimum atomic E-state index is -0.423. The van der Waals surface area contributed by atoms with Gasteiger partial charge >= 0.3 is 0 Å². The van der Waals surface area contributed by atoms with Crippen molar-refractivity contribution in [2.75, 3.05) is 0 Å². The molecule has 1 atom stereocenters. The van der Waals surface area contributed by atoms with Crippen molar-refractivity contribution in [3.63, 3.8) is 0 Å². The van der Waals surface area contributed by atoms with Crippen molar-refractivity contribution < 1.29 is 4.79 Å². The van der Waals surface area contributed by atoms with Gasteiger partial charge in [-0.1, -0.05) is 48.6 Å². The number of carbonyl (C=O) groups excluding carboxylic acids is 1. The maximum absolute atomic E-state index is 12.3. The van der Waals surface area contributed by atoms with Crippen LogP contribution in [-0.2, 0) is 0 Å². The summed E-state index contributed by atoms with van der Waals surface area (Å²) in [6.45, 7) is 1.97. The first kappa shape index (κ1) is 11.2. The zero-order valence-electron chi connectivity index (χ0n) is 9.18. The largest absolute Gasteiger partial charge is 0.293 e. The van der Waals surface area contributed by atoms with Gasteiger partial charge in [-0.3, -0.25) is 4.79 Å². The van der Waals surface area contributed by atoms with Crippen molar-refractivity contribution >= 4 is 18.4 Å². The minimum absolute atomic E-state index is 0.168.